The summed E-state index contributed by atoms with van der Waals surface area (Å²) >= 11 is 1.33. The maximum Gasteiger partial charge on any atom is 0.261 e. The highest BCUT2D eigenvalue weighted by Crippen LogP contribution is 2.35. The van der Waals surface area contributed by atoms with Crippen molar-refractivity contribution in [3.63, 3.8) is 0 Å². The Bertz CT molecular complexity index is 928. The molecular formula is C19H19N3O4S. The normalized spacial score (nSPS) is 10.3. The predicted octanol–water partition coefficient (Wildman–Crippen LogP) is 3.41. The Morgan fingerprint density at radius 2 is 1.63 bits per heavy atom. The molecule has 0 radical (unpaired) electrons. The van der Waals surface area contributed by atoms with Crippen molar-refractivity contribution in [2.24, 2.45) is 0 Å². The Morgan fingerprint density at radius 3 is 2.30 bits per heavy atom. The third-order valence-corrected chi connectivity index (χ3v) is 4.67. The zero-order valence-electron chi connectivity index (χ0n) is 15.2. The topological polar surface area (TPSA) is 82.6 Å². The quantitative estimate of drug-likeness (QED) is 0.671. The minimum absolute atomic E-state index is 0.315. The molecule has 7 nitrogen and oxygen atoms in total. The minimum atomic E-state index is -0.366. The van der Waals surface area contributed by atoms with Crippen LogP contribution < -0.4 is 19.5 Å². The second kappa shape index (κ2) is 8.50. The van der Waals surface area contributed by atoms with Crippen LogP contribution in [0.5, 0.6) is 17.2 Å². The van der Waals surface area contributed by atoms with Crippen LogP contribution in [0.1, 0.15) is 20.9 Å². The van der Waals surface area contributed by atoms with Crippen molar-refractivity contribution in [2.75, 3.05) is 26.6 Å². The van der Waals surface area contributed by atoms with E-state index in [1.807, 2.05) is 30.3 Å². The summed E-state index contributed by atoms with van der Waals surface area (Å²) in [6, 6.07) is 13.1. The van der Waals surface area contributed by atoms with Crippen molar-refractivity contribution in [2.45, 2.75) is 6.42 Å². The molecule has 0 aliphatic rings. The minimum Gasteiger partial charge on any atom is -0.496 e. The number of carbonyl (C=O) groups excluding carboxylic acids is 1. The van der Waals surface area contributed by atoms with Gasteiger partial charge in [-0.1, -0.05) is 41.7 Å². The number of benzene rings is 2. The van der Waals surface area contributed by atoms with E-state index >= 15 is 0 Å². The zero-order valence-corrected chi connectivity index (χ0v) is 16.0. The van der Waals surface area contributed by atoms with Crippen molar-refractivity contribution in [1.82, 2.24) is 10.2 Å². The van der Waals surface area contributed by atoms with Crippen LogP contribution in [0.3, 0.4) is 0 Å². The maximum absolute atomic E-state index is 12.7. The molecule has 27 heavy (non-hydrogen) atoms. The van der Waals surface area contributed by atoms with E-state index in [-0.39, 0.29) is 5.91 Å². The van der Waals surface area contributed by atoms with Gasteiger partial charge in [-0.2, -0.15) is 0 Å². The number of aromatic nitrogens is 2. The van der Waals surface area contributed by atoms with Crippen LogP contribution in [0.4, 0.5) is 5.13 Å². The average molecular weight is 385 g/mol. The largest absolute Gasteiger partial charge is 0.496 e. The fourth-order valence-electron chi connectivity index (χ4n) is 2.52. The lowest BCUT2D eigenvalue weighted by atomic mass is 10.1. The molecule has 0 atom stereocenters. The van der Waals surface area contributed by atoms with E-state index in [0.29, 0.717) is 34.4 Å². The summed E-state index contributed by atoms with van der Waals surface area (Å²) in [4.78, 5) is 12.7. The average Bonchev–Trinajstić information content (AvgIpc) is 3.14. The molecule has 3 rings (SSSR count). The monoisotopic (exact) mass is 385 g/mol. The third kappa shape index (κ3) is 4.35. The lowest BCUT2D eigenvalue weighted by molar-refractivity contribution is 0.102. The molecule has 0 aliphatic heterocycles. The summed E-state index contributed by atoms with van der Waals surface area (Å²) < 4.78 is 15.8. The van der Waals surface area contributed by atoms with E-state index in [9.17, 15) is 4.79 Å². The van der Waals surface area contributed by atoms with E-state index in [4.69, 9.17) is 14.2 Å². The van der Waals surface area contributed by atoms with Crippen molar-refractivity contribution >= 4 is 22.4 Å². The number of amides is 1. The maximum atomic E-state index is 12.7. The van der Waals surface area contributed by atoms with Gasteiger partial charge in [-0.05, 0) is 5.56 Å². The Labute approximate surface area is 160 Å². The molecule has 8 heteroatoms. The number of carbonyl (C=O) groups is 1. The van der Waals surface area contributed by atoms with E-state index in [0.717, 1.165) is 10.6 Å². The lowest BCUT2D eigenvalue weighted by Crippen LogP contribution is -2.13. The van der Waals surface area contributed by atoms with Gasteiger partial charge in [0, 0.05) is 18.6 Å². The Balaban J connectivity index is 1.77. The van der Waals surface area contributed by atoms with Crippen LogP contribution in [0.15, 0.2) is 42.5 Å². The summed E-state index contributed by atoms with van der Waals surface area (Å²) in [6.07, 6.45) is 0.661. The van der Waals surface area contributed by atoms with Crippen LogP contribution in [0.2, 0.25) is 0 Å². The molecule has 0 spiro atoms. The van der Waals surface area contributed by atoms with E-state index in [1.54, 1.807) is 12.1 Å². The Hall–Kier alpha value is -3.13. The van der Waals surface area contributed by atoms with Gasteiger partial charge in [0.05, 0.1) is 26.9 Å². The molecule has 1 N–H and O–H groups in total. The first-order chi connectivity index (χ1) is 13.1. The number of methoxy groups -OCH3 is 3. The van der Waals surface area contributed by atoms with Gasteiger partial charge in [0.2, 0.25) is 5.13 Å². The van der Waals surface area contributed by atoms with E-state index < -0.39 is 0 Å². The molecule has 140 valence electrons. The van der Waals surface area contributed by atoms with Gasteiger partial charge in [-0.3, -0.25) is 10.1 Å². The van der Waals surface area contributed by atoms with E-state index in [1.165, 1.54) is 32.7 Å². The highest BCUT2D eigenvalue weighted by atomic mass is 32.1. The Kier molecular flexibility index (Phi) is 5.87. The molecule has 0 saturated heterocycles. The molecule has 2 aromatic carbocycles. The van der Waals surface area contributed by atoms with Gasteiger partial charge in [-0.25, -0.2) is 0 Å². The fourth-order valence-corrected chi connectivity index (χ4v) is 3.29. The predicted molar refractivity (Wildman–Crippen MR) is 103 cm³/mol. The lowest BCUT2D eigenvalue weighted by Gasteiger charge is -2.13. The number of hydrogen-bond acceptors (Lipinski definition) is 7. The van der Waals surface area contributed by atoms with Gasteiger partial charge in [0.15, 0.2) is 11.5 Å². The number of ether oxygens (including phenoxy) is 3. The molecule has 0 saturated carbocycles. The second-order valence-electron chi connectivity index (χ2n) is 5.52. The number of hydrogen-bond donors (Lipinski definition) is 1. The van der Waals surface area contributed by atoms with Gasteiger partial charge < -0.3 is 14.2 Å². The molecule has 0 bridgehead atoms. The first kappa shape index (κ1) is 18.7. The van der Waals surface area contributed by atoms with Gasteiger partial charge in [0.1, 0.15) is 10.8 Å². The summed E-state index contributed by atoms with van der Waals surface area (Å²) in [5, 5.41) is 12.2. The third-order valence-electron chi connectivity index (χ3n) is 3.84. The molecule has 0 fully saturated rings. The smallest absolute Gasteiger partial charge is 0.261 e. The number of rotatable bonds is 7. The van der Waals surface area contributed by atoms with Crippen LogP contribution >= 0.6 is 11.3 Å². The highest BCUT2D eigenvalue weighted by molar-refractivity contribution is 7.15. The van der Waals surface area contributed by atoms with Crippen LogP contribution in [-0.2, 0) is 6.42 Å². The number of nitrogens with zero attached hydrogens (tertiary/aromatic N) is 2. The zero-order chi connectivity index (χ0) is 19.2. The number of nitrogens with one attached hydrogen (secondary N) is 1. The number of anilines is 1. The van der Waals surface area contributed by atoms with Crippen LogP contribution in [0.25, 0.3) is 0 Å². The SMILES string of the molecule is COc1cc(OC)c(C(=O)Nc2nnc(Cc3ccccc3)s2)cc1OC. The molecule has 1 aromatic heterocycles. The molecule has 1 amide bonds. The molecular weight excluding hydrogens is 366 g/mol. The van der Waals surface area contributed by atoms with Crippen molar-refractivity contribution in [1.29, 1.82) is 0 Å². The van der Waals surface area contributed by atoms with Crippen LogP contribution in [-0.4, -0.2) is 37.4 Å². The summed E-state index contributed by atoms with van der Waals surface area (Å²) in [7, 11) is 4.51. The second-order valence-corrected chi connectivity index (χ2v) is 6.59. The first-order valence-electron chi connectivity index (χ1n) is 8.12. The van der Waals surface area contributed by atoms with Crippen molar-refractivity contribution in [3.05, 3.63) is 58.6 Å². The van der Waals surface area contributed by atoms with E-state index in [2.05, 4.69) is 15.5 Å². The van der Waals surface area contributed by atoms with Crippen molar-refractivity contribution < 1.29 is 19.0 Å². The van der Waals surface area contributed by atoms with Gasteiger partial charge in [0.25, 0.3) is 5.91 Å². The Morgan fingerprint density at radius 1 is 0.963 bits per heavy atom. The summed E-state index contributed by atoms with van der Waals surface area (Å²) in [5.74, 6) is 0.923. The first-order valence-corrected chi connectivity index (χ1v) is 8.94. The van der Waals surface area contributed by atoms with Gasteiger partial charge in [-0.15, -0.1) is 10.2 Å². The highest BCUT2D eigenvalue weighted by Gasteiger charge is 2.19. The van der Waals surface area contributed by atoms with Gasteiger partial charge >= 0.3 is 0 Å². The molecule has 1 heterocycles. The van der Waals surface area contributed by atoms with Crippen molar-refractivity contribution in [3.8, 4) is 17.2 Å². The van der Waals surface area contributed by atoms with Crippen LogP contribution in [0, 0.1) is 0 Å². The summed E-state index contributed by atoms with van der Waals surface area (Å²) in [5.41, 5.74) is 1.45. The molecule has 0 unspecified atom stereocenters. The standard InChI is InChI=1S/C19H19N3O4S/c1-24-14-11-16(26-3)15(25-2)10-13(14)18(23)20-19-22-21-17(27-19)9-12-7-5-4-6-8-12/h4-8,10-11H,9H2,1-3H3,(H,20,22,23). The summed E-state index contributed by atoms with van der Waals surface area (Å²) in [6.45, 7) is 0. The molecule has 3 aromatic rings. The fraction of sp³-hybridized carbons (Fsp3) is 0.211. The molecule has 0 aliphatic carbocycles.